The first-order chi connectivity index (χ1) is 12.5. The molecule has 0 saturated carbocycles. The van der Waals surface area contributed by atoms with E-state index in [-0.39, 0.29) is 0 Å². The molecule has 8 heteroatoms. The van der Waals surface area contributed by atoms with Gasteiger partial charge in [-0.1, -0.05) is 29.5 Å². The quantitative estimate of drug-likeness (QED) is 0.360. The number of aromatic nitrogens is 5. The molecule has 0 bridgehead atoms. The molecule has 0 saturated heterocycles. The van der Waals surface area contributed by atoms with Crippen molar-refractivity contribution in [2.45, 2.75) is 24.8 Å². The van der Waals surface area contributed by atoms with Crippen molar-refractivity contribution >= 4 is 49.3 Å². The average Bonchev–Trinajstić information content (AvgIpc) is 3.14. The van der Waals surface area contributed by atoms with Gasteiger partial charge >= 0.3 is 0 Å². The molecule has 26 heavy (non-hydrogen) atoms. The first-order valence-corrected chi connectivity index (χ1v) is 10.5. The molecule has 0 N–H and O–H groups in total. The molecule has 0 unspecified atom stereocenters. The van der Waals surface area contributed by atoms with Crippen LogP contribution in [0.25, 0.3) is 11.3 Å². The maximum absolute atomic E-state index is 4.71. The fourth-order valence-corrected chi connectivity index (χ4v) is 4.66. The van der Waals surface area contributed by atoms with Crippen molar-refractivity contribution in [2.24, 2.45) is 0 Å². The van der Waals surface area contributed by atoms with E-state index in [0.29, 0.717) is 5.75 Å². The van der Waals surface area contributed by atoms with Crippen LogP contribution in [0, 0.1) is 13.8 Å². The molecule has 5 nitrogen and oxygen atoms in total. The van der Waals surface area contributed by atoms with Gasteiger partial charge in [0.05, 0.1) is 5.69 Å². The van der Waals surface area contributed by atoms with Gasteiger partial charge < -0.3 is 0 Å². The Morgan fingerprint density at radius 3 is 2.54 bits per heavy atom. The molecule has 0 aliphatic heterocycles. The van der Waals surface area contributed by atoms with Crippen LogP contribution in [-0.4, -0.2) is 24.1 Å². The van der Waals surface area contributed by atoms with Crippen LogP contribution in [-0.2, 0) is 5.75 Å². The van der Waals surface area contributed by atoms with Crippen LogP contribution in [0.2, 0.25) is 0 Å². The van der Waals surface area contributed by atoms with E-state index in [4.69, 9.17) is 4.98 Å². The zero-order chi connectivity index (χ0) is 18.3. The summed E-state index contributed by atoms with van der Waals surface area (Å²) in [6, 6.07) is 12.4. The highest BCUT2D eigenvalue weighted by atomic mass is 79.9. The molecule has 132 valence electrons. The second-order valence-electron chi connectivity index (χ2n) is 5.91. The van der Waals surface area contributed by atoms with Gasteiger partial charge in [0.25, 0.3) is 0 Å². The minimum Gasteiger partial charge on any atom is -0.293 e. The van der Waals surface area contributed by atoms with Gasteiger partial charge in [-0.15, -0.1) is 10.2 Å². The minimum absolute atomic E-state index is 0.698. The van der Waals surface area contributed by atoms with Crippen molar-refractivity contribution in [3.05, 3.63) is 68.8 Å². The largest absolute Gasteiger partial charge is 0.293 e. The molecule has 1 aromatic carbocycles. The second kappa shape index (κ2) is 7.17. The van der Waals surface area contributed by atoms with Crippen molar-refractivity contribution in [3.8, 4) is 5.69 Å². The lowest BCUT2D eigenvalue weighted by atomic mass is 10.2. The van der Waals surface area contributed by atoms with Crippen LogP contribution in [0.3, 0.4) is 0 Å². The molecule has 4 aromatic rings. The highest BCUT2D eigenvalue weighted by Gasteiger charge is 2.15. The fraction of sp³-hybridized carbons (Fsp3) is 0.167. The van der Waals surface area contributed by atoms with Crippen LogP contribution in [0.15, 0.2) is 56.8 Å². The predicted molar refractivity (Wildman–Crippen MR) is 111 cm³/mol. The lowest BCUT2D eigenvalue weighted by Gasteiger charge is -2.08. The summed E-state index contributed by atoms with van der Waals surface area (Å²) in [6.07, 6.45) is 2.00. The van der Waals surface area contributed by atoms with E-state index in [2.05, 4.69) is 77.8 Å². The number of hydrogen-bond donors (Lipinski definition) is 0. The van der Waals surface area contributed by atoms with Gasteiger partial charge in [-0.2, -0.15) is 0 Å². The second-order valence-corrected chi connectivity index (χ2v) is 8.52. The number of imidazole rings is 1. The zero-order valence-electron chi connectivity index (χ0n) is 14.1. The monoisotopic (exact) mass is 491 g/mol. The molecule has 0 atom stereocenters. The van der Waals surface area contributed by atoms with Gasteiger partial charge in [0.15, 0.2) is 5.16 Å². The molecule has 3 aromatic heterocycles. The molecule has 3 heterocycles. The molecule has 0 amide bonds. The third-order valence-electron chi connectivity index (χ3n) is 4.02. The highest BCUT2D eigenvalue weighted by Crippen LogP contribution is 2.29. The third kappa shape index (κ3) is 3.33. The van der Waals surface area contributed by atoms with Gasteiger partial charge in [0.2, 0.25) is 0 Å². The molecular weight excluding hydrogens is 478 g/mol. The number of fused-ring (bicyclic) bond motifs is 1. The summed E-state index contributed by atoms with van der Waals surface area (Å²) in [7, 11) is 0. The number of hydrogen-bond acceptors (Lipinski definition) is 4. The van der Waals surface area contributed by atoms with Crippen molar-refractivity contribution < 1.29 is 0 Å². The number of thioether (sulfide) groups is 1. The summed E-state index contributed by atoms with van der Waals surface area (Å²) in [5, 5.41) is 9.46. The van der Waals surface area contributed by atoms with Crippen molar-refractivity contribution in [1.29, 1.82) is 0 Å². The summed E-state index contributed by atoms with van der Waals surface area (Å²) < 4.78 is 6.07. The Kier molecular flexibility index (Phi) is 4.90. The number of pyridine rings is 1. The van der Waals surface area contributed by atoms with Crippen LogP contribution < -0.4 is 0 Å². The zero-order valence-corrected chi connectivity index (χ0v) is 18.1. The summed E-state index contributed by atoms with van der Waals surface area (Å²) in [5.74, 6) is 1.57. The number of nitrogens with zero attached hydrogens (tertiary/aromatic N) is 5. The maximum Gasteiger partial charge on any atom is 0.196 e. The van der Waals surface area contributed by atoms with E-state index >= 15 is 0 Å². The van der Waals surface area contributed by atoms with E-state index < -0.39 is 0 Å². The maximum atomic E-state index is 4.71. The molecule has 4 rings (SSSR count). The molecule has 0 aliphatic carbocycles. The SMILES string of the molecule is Cc1ccc(-n2c(C)nnc2SCc2nc3ccc(Br)cn3c2Br)cc1. The molecule has 0 radical (unpaired) electrons. The number of aryl methyl sites for hydroxylation is 2. The Balaban J connectivity index is 1.63. The molecule has 0 fully saturated rings. The van der Waals surface area contributed by atoms with Crippen LogP contribution >= 0.6 is 43.6 Å². The van der Waals surface area contributed by atoms with E-state index in [1.165, 1.54) is 5.56 Å². The van der Waals surface area contributed by atoms with Gasteiger partial charge in [0, 0.05) is 22.1 Å². The smallest absolute Gasteiger partial charge is 0.196 e. The fourth-order valence-electron chi connectivity index (χ4n) is 2.69. The Bertz CT molecular complexity index is 1090. The first-order valence-electron chi connectivity index (χ1n) is 7.97. The number of halogens is 2. The van der Waals surface area contributed by atoms with Gasteiger partial charge in [-0.3, -0.25) is 8.97 Å². The van der Waals surface area contributed by atoms with Crippen LogP contribution in [0.4, 0.5) is 0 Å². The van der Waals surface area contributed by atoms with Gasteiger partial charge in [0.1, 0.15) is 16.1 Å². The molecule has 0 aliphatic rings. The molecule has 0 spiro atoms. The number of benzene rings is 1. The Morgan fingerprint density at radius 2 is 1.77 bits per heavy atom. The predicted octanol–water partition coefficient (Wildman–Crippen LogP) is 5.35. The molecular formula is C18H15Br2N5S. The van der Waals surface area contributed by atoms with Gasteiger partial charge in [-0.05, 0) is 70.0 Å². The van der Waals surface area contributed by atoms with Gasteiger partial charge in [-0.25, -0.2) is 4.98 Å². The first kappa shape index (κ1) is 17.8. The van der Waals surface area contributed by atoms with Crippen LogP contribution in [0.1, 0.15) is 17.1 Å². The van der Waals surface area contributed by atoms with E-state index in [9.17, 15) is 0 Å². The summed E-state index contributed by atoms with van der Waals surface area (Å²) >= 11 is 8.78. The van der Waals surface area contributed by atoms with Crippen molar-refractivity contribution in [2.75, 3.05) is 0 Å². The number of rotatable bonds is 4. The summed E-state index contributed by atoms with van der Waals surface area (Å²) in [4.78, 5) is 4.71. The lowest BCUT2D eigenvalue weighted by molar-refractivity contribution is 0.867. The van der Waals surface area contributed by atoms with E-state index in [1.54, 1.807) is 11.8 Å². The third-order valence-corrected chi connectivity index (χ3v) is 6.26. The normalized spacial score (nSPS) is 11.4. The van der Waals surface area contributed by atoms with Crippen molar-refractivity contribution in [3.63, 3.8) is 0 Å². The summed E-state index contributed by atoms with van der Waals surface area (Å²) in [6.45, 7) is 4.05. The Hall–Kier alpha value is -1.64. The average molecular weight is 493 g/mol. The Labute approximate surface area is 172 Å². The topological polar surface area (TPSA) is 48.0 Å². The summed E-state index contributed by atoms with van der Waals surface area (Å²) in [5.41, 5.74) is 4.18. The lowest BCUT2D eigenvalue weighted by Crippen LogP contribution is -1.99. The standard InChI is InChI=1S/C18H15Br2N5S/c1-11-3-6-14(7-4-11)25-12(2)22-23-18(25)26-10-15-17(20)24-9-13(19)5-8-16(24)21-15/h3-9H,10H2,1-2H3. The Morgan fingerprint density at radius 1 is 1.00 bits per heavy atom. The van der Waals surface area contributed by atoms with Crippen molar-refractivity contribution in [1.82, 2.24) is 24.1 Å². The highest BCUT2D eigenvalue weighted by molar-refractivity contribution is 9.10. The van der Waals surface area contributed by atoms with E-state index in [0.717, 1.165) is 37.1 Å². The van der Waals surface area contributed by atoms with Crippen LogP contribution in [0.5, 0.6) is 0 Å². The minimum atomic E-state index is 0.698. The van der Waals surface area contributed by atoms with E-state index in [1.807, 2.05) is 29.7 Å².